The molecule has 0 spiro atoms. The molecule has 0 heterocycles. The maximum atomic E-state index is 13.2. The summed E-state index contributed by atoms with van der Waals surface area (Å²) in [6, 6.07) is 4.65. The van der Waals surface area contributed by atoms with E-state index in [1.54, 1.807) is 6.07 Å². The van der Waals surface area contributed by atoms with Crippen LogP contribution in [0.5, 0.6) is 0 Å². The lowest BCUT2D eigenvalue weighted by molar-refractivity contribution is 0.0980. The highest BCUT2D eigenvalue weighted by Crippen LogP contribution is 2.31. The summed E-state index contributed by atoms with van der Waals surface area (Å²) in [5.74, 6) is -0.0366. The summed E-state index contributed by atoms with van der Waals surface area (Å²) in [6.45, 7) is 6.15. The van der Waals surface area contributed by atoms with Gasteiger partial charge in [-0.2, -0.15) is 0 Å². The lowest BCUT2D eigenvalue weighted by Crippen LogP contribution is -2.13. The van der Waals surface area contributed by atoms with Crippen molar-refractivity contribution in [3.8, 4) is 0 Å². The zero-order chi connectivity index (χ0) is 12.8. The normalized spacial score (nSPS) is 14.6. The van der Waals surface area contributed by atoms with Crippen LogP contribution in [0.3, 0.4) is 0 Å². The molecule has 0 aliphatic rings. The predicted molar refractivity (Wildman–Crippen MR) is 69.4 cm³/mol. The molecule has 0 aromatic heterocycles. The number of hydrogen-bond acceptors (Lipinski definition) is 1. The van der Waals surface area contributed by atoms with E-state index in [1.165, 1.54) is 12.1 Å². The fourth-order valence-electron chi connectivity index (χ4n) is 2.24. The third kappa shape index (κ3) is 3.81. The van der Waals surface area contributed by atoms with Gasteiger partial charge in [0.2, 0.25) is 0 Å². The molecule has 1 N–H and O–H groups in total. The molecule has 96 valence electrons. The number of unbranched alkanes of at least 4 members (excludes halogenated alkanes) is 1. The van der Waals surface area contributed by atoms with E-state index in [2.05, 4.69) is 13.8 Å². The van der Waals surface area contributed by atoms with Gasteiger partial charge in [0.1, 0.15) is 5.82 Å². The molecule has 1 aromatic carbocycles. The topological polar surface area (TPSA) is 20.2 Å². The van der Waals surface area contributed by atoms with Crippen molar-refractivity contribution in [3.63, 3.8) is 0 Å². The van der Waals surface area contributed by atoms with Crippen LogP contribution in [0.25, 0.3) is 0 Å². The van der Waals surface area contributed by atoms with Gasteiger partial charge >= 0.3 is 0 Å². The van der Waals surface area contributed by atoms with Gasteiger partial charge in [-0.3, -0.25) is 0 Å². The fraction of sp³-hybridized carbons (Fsp3) is 0.600. The van der Waals surface area contributed by atoms with E-state index in [9.17, 15) is 9.50 Å². The van der Waals surface area contributed by atoms with Gasteiger partial charge in [0, 0.05) is 0 Å². The van der Waals surface area contributed by atoms with Crippen LogP contribution in [0, 0.1) is 18.7 Å². The highest BCUT2D eigenvalue weighted by Gasteiger charge is 2.20. The zero-order valence-corrected chi connectivity index (χ0v) is 11.0. The first-order valence-electron chi connectivity index (χ1n) is 6.54. The van der Waals surface area contributed by atoms with Gasteiger partial charge in [0.25, 0.3) is 0 Å². The Morgan fingerprint density at radius 3 is 2.59 bits per heavy atom. The number of aliphatic hydroxyl groups excluding tert-OH is 1. The zero-order valence-electron chi connectivity index (χ0n) is 11.0. The van der Waals surface area contributed by atoms with Crippen molar-refractivity contribution in [2.24, 2.45) is 5.92 Å². The molecule has 17 heavy (non-hydrogen) atoms. The second kappa shape index (κ2) is 6.75. The minimum absolute atomic E-state index is 0.232. The van der Waals surface area contributed by atoms with Gasteiger partial charge < -0.3 is 5.11 Å². The van der Waals surface area contributed by atoms with Gasteiger partial charge in [-0.15, -0.1) is 0 Å². The standard InChI is InChI=1S/C15H23FO/c1-4-6-7-12(5-2)15(17)14-10-13(16)9-8-11(14)3/h8-10,12,15,17H,4-7H2,1-3H3/t12-,15+/m0/s1. The molecule has 0 aliphatic carbocycles. The summed E-state index contributed by atoms with van der Waals surface area (Å²) >= 11 is 0. The maximum Gasteiger partial charge on any atom is 0.123 e. The van der Waals surface area contributed by atoms with Crippen LogP contribution in [0.2, 0.25) is 0 Å². The minimum atomic E-state index is -0.540. The lowest BCUT2D eigenvalue weighted by atomic mass is 9.87. The van der Waals surface area contributed by atoms with Crippen LogP contribution in [0.4, 0.5) is 4.39 Å². The van der Waals surface area contributed by atoms with Crippen molar-refractivity contribution in [2.45, 2.75) is 52.6 Å². The Balaban J connectivity index is 2.85. The lowest BCUT2D eigenvalue weighted by Gasteiger charge is -2.23. The van der Waals surface area contributed by atoms with E-state index in [1.807, 2.05) is 6.92 Å². The summed E-state index contributed by atoms with van der Waals surface area (Å²) < 4.78 is 13.2. The number of rotatable bonds is 6. The maximum absolute atomic E-state index is 13.2. The smallest absolute Gasteiger partial charge is 0.123 e. The third-order valence-electron chi connectivity index (χ3n) is 3.46. The van der Waals surface area contributed by atoms with E-state index in [4.69, 9.17) is 0 Å². The molecule has 0 saturated carbocycles. The number of benzene rings is 1. The minimum Gasteiger partial charge on any atom is -0.388 e. The van der Waals surface area contributed by atoms with E-state index in [-0.39, 0.29) is 11.7 Å². The van der Waals surface area contributed by atoms with Crippen molar-refractivity contribution < 1.29 is 9.50 Å². The van der Waals surface area contributed by atoms with Crippen LogP contribution >= 0.6 is 0 Å². The first-order chi connectivity index (χ1) is 8.10. The summed E-state index contributed by atoms with van der Waals surface area (Å²) in [7, 11) is 0. The molecule has 0 unspecified atom stereocenters. The van der Waals surface area contributed by atoms with E-state index < -0.39 is 6.10 Å². The highest BCUT2D eigenvalue weighted by molar-refractivity contribution is 5.28. The Labute approximate surface area is 104 Å². The number of aliphatic hydroxyl groups is 1. The number of aryl methyl sites for hydroxylation is 1. The molecule has 2 atom stereocenters. The van der Waals surface area contributed by atoms with E-state index >= 15 is 0 Å². The largest absolute Gasteiger partial charge is 0.388 e. The molecular formula is C15H23FO. The van der Waals surface area contributed by atoms with Crippen molar-refractivity contribution in [2.75, 3.05) is 0 Å². The molecule has 0 saturated heterocycles. The molecule has 2 heteroatoms. The SMILES string of the molecule is CCCC[C@H](CC)[C@@H](O)c1cc(F)ccc1C. The van der Waals surface area contributed by atoms with Crippen molar-refractivity contribution >= 4 is 0 Å². The van der Waals surface area contributed by atoms with Gasteiger partial charge in [0.05, 0.1) is 6.10 Å². The predicted octanol–water partition coefficient (Wildman–Crippen LogP) is 4.38. The Bertz CT molecular complexity index is 349. The Morgan fingerprint density at radius 2 is 2.00 bits per heavy atom. The average Bonchev–Trinajstić information content (AvgIpc) is 2.33. The molecule has 0 radical (unpaired) electrons. The first-order valence-corrected chi connectivity index (χ1v) is 6.54. The quantitative estimate of drug-likeness (QED) is 0.779. The molecule has 1 rings (SSSR count). The molecule has 0 fully saturated rings. The van der Waals surface area contributed by atoms with Crippen molar-refractivity contribution in [1.82, 2.24) is 0 Å². The van der Waals surface area contributed by atoms with Crippen LogP contribution in [-0.2, 0) is 0 Å². The van der Waals surface area contributed by atoms with E-state index in [0.717, 1.165) is 36.8 Å². The Hall–Kier alpha value is -0.890. The second-order valence-corrected chi connectivity index (χ2v) is 4.76. The van der Waals surface area contributed by atoms with Crippen LogP contribution in [-0.4, -0.2) is 5.11 Å². The van der Waals surface area contributed by atoms with Crippen molar-refractivity contribution in [3.05, 3.63) is 35.1 Å². The third-order valence-corrected chi connectivity index (χ3v) is 3.46. The number of hydrogen-bond donors (Lipinski definition) is 1. The second-order valence-electron chi connectivity index (χ2n) is 4.76. The van der Waals surface area contributed by atoms with Crippen LogP contribution < -0.4 is 0 Å². The van der Waals surface area contributed by atoms with Crippen molar-refractivity contribution in [1.29, 1.82) is 0 Å². The Kier molecular flexibility index (Phi) is 5.63. The summed E-state index contributed by atoms with van der Waals surface area (Å²) in [5.41, 5.74) is 1.71. The average molecular weight is 238 g/mol. The molecule has 0 aliphatic heterocycles. The molecule has 1 aromatic rings. The molecule has 0 amide bonds. The van der Waals surface area contributed by atoms with Gasteiger partial charge in [0.15, 0.2) is 0 Å². The highest BCUT2D eigenvalue weighted by atomic mass is 19.1. The fourth-order valence-corrected chi connectivity index (χ4v) is 2.24. The molecule has 1 nitrogen and oxygen atoms in total. The Morgan fingerprint density at radius 1 is 1.29 bits per heavy atom. The van der Waals surface area contributed by atoms with Gasteiger partial charge in [-0.1, -0.05) is 39.2 Å². The summed E-state index contributed by atoms with van der Waals surface area (Å²) in [4.78, 5) is 0. The summed E-state index contributed by atoms with van der Waals surface area (Å²) in [5, 5.41) is 10.3. The van der Waals surface area contributed by atoms with Crippen LogP contribution in [0.1, 0.15) is 56.8 Å². The van der Waals surface area contributed by atoms with E-state index in [0.29, 0.717) is 0 Å². The first kappa shape index (κ1) is 14.2. The molecular weight excluding hydrogens is 215 g/mol. The monoisotopic (exact) mass is 238 g/mol. The molecule has 0 bridgehead atoms. The summed E-state index contributed by atoms with van der Waals surface area (Å²) in [6.07, 6.45) is 3.64. The van der Waals surface area contributed by atoms with Crippen LogP contribution in [0.15, 0.2) is 18.2 Å². The van der Waals surface area contributed by atoms with Gasteiger partial charge in [-0.25, -0.2) is 4.39 Å². The van der Waals surface area contributed by atoms with Gasteiger partial charge in [-0.05, 0) is 42.5 Å². The number of halogens is 1.